The molecule has 29 heavy (non-hydrogen) atoms. The Hall–Kier alpha value is -3.39. The SMILES string of the molecule is Cc1csc(-c2cc(F)c3nnc(C(C)n4ccc5ncccc5c4=O)n3c2)c1. The normalized spacial score (nSPS) is 12.7. The Morgan fingerprint density at radius 2 is 2.07 bits per heavy atom. The van der Waals surface area contributed by atoms with E-state index in [0.717, 1.165) is 16.0 Å². The van der Waals surface area contributed by atoms with Gasteiger partial charge in [0.15, 0.2) is 17.3 Å². The quantitative estimate of drug-likeness (QED) is 0.451. The molecule has 0 amide bonds. The van der Waals surface area contributed by atoms with Crippen molar-refractivity contribution in [3.8, 4) is 10.4 Å². The van der Waals surface area contributed by atoms with E-state index in [9.17, 15) is 9.18 Å². The lowest BCUT2D eigenvalue weighted by Gasteiger charge is -2.14. The maximum atomic E-state index is 14.7. The standard InChI is InChI=1S/C21H16FN5OS/c1-12-8-18(29-11-12)14-9-16(22)20-25-24-19(27(20)10-14)13(2)26-7-5-17-15(21(26)28)4-3-6-23-17/h3-11,13H,1-2H3. The minimum Gasteiger partial charge on any atom is -0.304 e. The molecule has 0 radical (unpaired) electrons. The molecule has 5 rings (SSSR count). The molecular formula is C21H16FN5OS. The van der Waals surface area contributed by atoms with E-state index in [4.69, 9.17) is 0 Å². The molecule has 5 aromatic heterocycles. The zero-order valence-corrected chi connectivity index (χ0v) is 16.5. The molecule has 0 aliphatic rings. The average Bonchev–Trinajstić information content (AvgIpc) is 3.34. The van der Waals surface area contributed by atoms with Gasteiger partial charge in [-0.2, -0.15) is 0 Å². The number of halogens is 1. The highest BCUT2D eigenvalue weighted by molar-refractivity contribution is 7.13. The van der Waals surface area contributed by atoms with Crippen LogP contribution in [0.25, 0.3) is 27.0 Å². The van der Waals surface area contributed by atoms with Crippen LogP contribution in [0, 0.1) is 12.7 Å². The Labute approximate surface area is 168 Å². The minimum atomic E-state index is -0.449. The third kappa shape index (κ3) is 2.84. The van der Waals surface area contributed by atoms with Crippen molar-refractivity contribution in [2.24, 2.45) is 0 Å². The van der Waals surface area contributed by atoms with Crippen LogP contribution in [0.1, 0.15) is 24.4 Å². The molecule has 144 valence electrons. The first-order valence-electron chi connectivity index (χ1n) is 9.08. The van der Waals surface area contributed by atoms with Crippen LogP contribution in [-0.4, -0.2) is 24.1 Å². The van der Waals surface area contributed by atoms with Gasteiger partial charge in [0, 0.05) is 29.0 Å². The predicted molar refractivity (Wildman–Crippen MR) is 111 cm³/mol. The Bertz CT molecular complexity index is 1430. The van der Waals surface area contributed by atoms with Gasteiger partial charge in [-0.25, -0.2) is 4.39 Å². The Balaban J connectivity index is 1.68. The fraction of sp³-hybridized carbons (Fsp3) is 0.143. The molecule has 0 fully saturated rings. The Kier molecular flexibility index (Phi) is 4.02. The minimum absolute atomic E-state index is 0.138. The number of hydrogen-bond acceptors (Lipinski definition) is 5. The van der Waals surface area contributed by atoms with Crippen LogP contribution in [0.3, 0.4) is 0 Å². The third-order valence-corrected chi connectivity index (χ3v) is 6.09. The summed E-state index contributed by atoms with van der Waals surface area (Å²) >= 11 is 1.55. The molecule has 0 saturated carbocycles. The summed E-state index contributed by atoms with van der Waals surface area (Å²) in [7, 11) is 0. The second kappa shape index (κ2) is 6.59. The van der Waals surface area contributed by atoms with E-state index in [1.165, 1.54) is 6.07 Å². The smallest absolute Gasteiger partial charge is 0.260 e. The van der Waals surface area contributed by atoms with Gasteiger partial charge in [-0.15, -0.1) is 21.5 Å². The van der Waals surface area contributed by atoms with Gasteiger partial charge in [0.25, 0.3) is 5.56 Å². The molecule has 0 aliphatic heterocycles. The molecule has 1 atom stereocenters. The molecule has 8 heteroatoms. The maximum Gasteiger partial charge on any atom is 0.260 e. The number of aryl methyl sites for hydroxylation is 1. The van der Waals surface area contributed by atoms with Gasteiger partial charge in [0.05, 0.1) is 16.9 Å². The highest BCUT2D eigenvalue weighted by atomic mass is 32.1. The summed E-state index contributed by atoms with van der Waals surface area (Å²) in [4.78, 5) is 18.1. The van der Waals surface area contributed by atoms with Gasteiger partial charge < -0.3 is 4.57 Å². The van der Waals surface area contributed by atoms with Crippen molar-refractivity contribution in [3.05, 3.63) is 81.9 Å². The van der Waals surface area contributed by atoms with Gasteiger partial charge in [-0.1, -0.05) is 0 Å². The van der Waals surface area contributed by atoms with Gasteiger partial charge in [-0.05, 0) is 55.1 Å². The monoisotopic (exact) mass is 405 g/mol. The van der Waals surface area contributed by atoms with Crippen LogP contribution < -0.4 is 5.56 Å². The van der Waals surface area contributed by atoms with Gasteiger partial charge in [0.1, 0.15) is 0 Å². The molecule has 5 aromatic rings. The van der Waals surface area contributed by atoms with E-state index in [2.05, 4.69) is 15.2 Å². The van der Waals surface area contributed by atoms with Crippen LogP contribution in [-0.2, 0) is 0 Å². The van der Waals surface area contributed by atoms with Crippen LogP contribution in [0.2, 0.25) is 0 Å². The van der Waals surface area contributed by atoms with Crippen LogP contribution in [0.5, 0.6) is 0 Å². The third-order valence-electron chi connectivity index (χ3n) is 4.99. The summed E-state index contributed by atoms with van der Waals surface area (Å²) < 4.78 is 17.9. The van der Waals surface area contributed by atoms with E-state index in [-0.39, 0.29) is 11.2 Å². The molecule has 6 nitrogen and oxygen atoms in total. The number of rotatable bonds is 3. The van der Waals surface area contributed by atoms with Crippen molar-refractivity contribution >= 4 is 27.9 Å². The summed E-state index contributed by atoms with van der Waals surface area (Å²) in [5.74, 6) is 0.0360. The fourth-order valence-electron chi connectivity index (χ4n) is 3.49. The lowest BCUT2D eigenvalue weighted by Crippen LogP contribution is -2.25. The Morgan fingerprint density at radius 1 is 1.21 bits per heavy atom. The summed E-state index contributed by atoms with van der Waals surface area (Å²) in [6, 6.07) is 8.30. The van der Waals surface area contributed by atoms with Crippen molar-refractivity contribution in [1.82, 2.24) is 24.1 Å². The number of fused-ring (bicyclic) bond motifs is 2. The summed E-state index contributed by atoms with van der Waals surface area (Å²) in [6.45, 7) is 3.85. The number of thiophene rings is 1. The highest BCUT2D eigenvalue weighted by Gasteiger charge is 2.20. The second-order valence-electron chi connectivity index (χ2n) is 6.96. The number of aromatic nitrogens is 5. The Morgan fingerprint density at radius 3 is 2.86 bits per heavy atom. The lowest BCUT2D eigenvalue weighted by molar-refractivity contribution is 0.575. The zero-order chi connectivity index (χ0) is 20.1. The first-order chi connectivity index (χ1) is 14.0. The molecule has 0 bridgehead atoms. The first kappa shape index (κ1) is 17.7. The van der Waals surface area contributed by atoms with E-state index in [1.807, 2.05) is 31.5 Å². The number of nitrogens with zero attached hydrogens (tertiary/aromatic N) is 5. The van der Waals surface area contributed by atoms with E-state index >= 15 is 0 Å². The topological polar surface area (TPSA) is 65.1 Å². The summed E-state index contributed by atoms with van der Waals surface area (Å²) in [5.41, 5.74) is 2.47. The summed E-state index contributed by atoms with van der Waals surface area (Å²) in [5, 5.41) is 10.8. The van der Waals surface area contributed by atoms with Crippen molar-refractivity contribution in [3.63, 3.8) is 0 Å². The zero-order valence-electron chi connectivity index (χ0n) is 15.7. The molecular weight excluding hydrogens is 389 g/mol. The van der Waals surface area contributed by atoms with Crippen molar-refractivity contribution in [1.29, 1.82) is 0 Å². The molecule has 5 heterocycles. The van der Waals surface area contributed by atoms with E-state index in [0.29, 0.717) is 16.7 Å². The van der Waals surface area contributed by atoms with Gasteiger partial charge in [0.2, 0.25) is 0 Å². The molecule has 1 unspecified atom stereocenters. The highest BCUT2D eigenvalue weighted by Crippen LogP contribution is 2.29. The van der Waals surface area contributed by atoms with Crippen LogP contribution >= 0.6 is 11.3 Å². The van der Waals surface area contributed by atoms with Crippen LogP contribution in [0.15, 0.2) is 59.1 Å². The van der Waals surface area contributed by atoms with Crippen LogP contribution in [0.4, 0.5) is 4.39 Å². The molecule has 0 aromatic carbocycles. The number of hydrogen-bond donors (Lipinski definition) is 0. The lowest BCUT2D eigenvalue weighted by atomic mass is 10.2. The predicted octanol–water partition coefficient (Wildman–Crippen LogP) is 4.22. The van der Waals surface area contributed by atoms with Gasteiger partial charge >= 0.3 is 0 Å². The second-order valence-corrected chi connectivity index (χ2v) is 7.87. The first-order valence-corrected chi connectivity index (χ1v) is 9.96. The van der Waals surface area contributed by atoms with Crippen molar-refractivity contribution in [2.45, 2.75) is 19.9 Å². The van der Waals surface area contributed by atoms with Crippen molar-refractivity contribution in [2.75, 3.05) is 0 Å². The van der Waals surface area contributed by atoms with Crippen molar-refractivity contribution < 1.29 is 4.39 Å². The molecule has 0 saturated heterocycles. The largest absolute Gasteiger partial charge is 0.304 e. The fourth-order valence-corrected chi connectivity index (χ4v) is 4.37. The molecule has 0 N–H and O–H groups in total. The molecule has 0 aliphatic carbocycles. The summed E-state index contributed by atoms with van der Waals surface area (Å²) in [6.07, 6.45) is 5.16. The molecule has 0 spiro atoms. The van der Waals surface area contributed by atoms with Gasteiger partial charge in [-0.3, -0.25) is 14.2 Å². The average molecular weight is 405 g/mol. The number of pyridine rings is 3. The van der Waals surface area contributed by atoms with E-state index < -0.39 is 11.9 Å². The maximum absolute atomic E-state index is 14.7. The van der Waals surface area contributed by atoms with E-state index in [1.54, 1.807) is 50.9 Å².